The van der Waals surface area contributed by atoms with E-state index in [1.807, 2.05) is 18.1 Å². The Hall–Kier alpha value is -3.13. The van der Waals surface area contributed by atoms with Crippen LogP contribution in [0.1, 0.15) is 77.3 Å². The van der Waals surface area contributed by atoms with Gasteiger partial charge in [-0.1, -0.05) is 12.8 Å². The Morgan fingerprint density at radius 1 is 1.11 bits per heavy atom. The fourth-order valence-corrected chi connectivity index (χ4v) is 5.81. The van der Waals surface area contributed by atoms with Crippen LogP contribution in [0.5, 0.6) is 11.5 Å². The van der Waals surface area contributed by atoms with Gasteiger partial charge in [0.25, 0.3) is 0 Å². The SMILES string of the molecule is COc1cc(/C(C=N)=C/NC2CCCC2)cc(O)c1C(=N)/C=C\C(=N)N(C)C1CC(C)(C)NC(C)(C)C1. The van der Waals surface area contributed by atoms with Crippen LogP contribution >= 0.6 is 0 Å². The number of methoxy groups -OCH3 is 1. The van der Waals surface area contributed by atoms with E-state index in [2.05, 4.69) is 38.3 Å². The van der Waals surface area contributed by atoms with Crippen LogP contribution in [0.4, 0.5) is 0 Å². The summed E-state index contributed by atoms with van der Waals surface area (Å²) in [6.07, 6.45) is 12.7. The number of benzene rings is 1. The molecule has 0 atom stereocenters. The van der Waals surface area contributed by atoms with Crippen LogP contribution in [0.25, 0.3) is 5.57 Å². The van der Waals surface area contributed by atoms with Gasteiger partial charge in [0.2, 0.25) is 0 Å². The fourth-order valence-electron chi connectivity index (χ4n) is 5.81. The lowest BCUT2D eigenvalue weighted by atomic mass is 9.79. The summed E-state index contributed by atoms with van der Waals surface area (Å²) in [6, 6.07) is 3.91. The van der Waals surface area contributed by atoms with Crippen molar-refractivity contribution in [2.24, 2.45) is 0 Å². The number of phenolic OH excluding ortho intramolecular Hbond substituents is 1. The van der Waals surface area contributed by atoms with Crippen molar-refractivity contribution >= 4 is 23.3 Å². The zero-order valence-electron chi connectivity index (χ0n) is 23.2. The van der Waals surface area contributed by atoms with Crippen LogP contribution in [0.3, 0.4) is 0 Å². The van der Waals surface area contributed by atoms with E-state index in [4.69, 9.17) is 21.0 Å². The van der Waals surface area contributed by atoms with Gasteiger partial charge in [-0.3, -0.25) is 10.8 Å². The van der Waals surface area contributed by atoms with Crippen molar-refractivity contribution in [1.29, 1.82) is 16.2 Å². The number of hydrogen-bond acceptors (Lipinski definition) is 7. The molecular weight excluding hydrogens is 464 g/mol. The molecule has 0 bridgehead atoms. The number of piperidine rings is 1. The number of nitrogens with one attached hydrogen (secondary N) is 5. The first-order valence-electron chi connectivity index (χ1n) is 13.1. The molecule has 0 aromatic heterocycles. The zero-order valence-corrected chi connectivity index (χ0v) is 23.2. The molecule has 3 rings (SSSR count). The summed E-state index contributed by atoms with van der Waals surface area (Å²) in [7, 11) is 3.43. The predicted octanol–water partition coefficient (Wildman–Crippen LogP) is 5.07. The van der Waals surface area contributed by atoms with Gasteiger partial charge < -0.3 is 30.8 Å². The second kappa shape index (κ2) is 11.5. The summed E-state index contributed by atoms with van der Waals surface area (Å²) in [4.78, 5) is 1.97. The summed E-state index contributed by atoms with van der Waals surface area (Å²) in [5.41, 5.74) is 1.51. The number of amidine groups is 1. The summed E-state index contributed by atoms with van der Waals surface area (Å²) in [5.74, 6) is 0.560. The zero-order chi connectivity index (χ0) is 27.4. The summed E-state index contributed by atoms with van der Waals surface area (Å²) >= 11 is 0. The summed E-state index contributed by atoms with van der Waals surface area (Å²) in [5, 5.41) is 43.0. The second-order valence-corrected chi connectivity index (χ2v) is 11.7. The Labute approximate surface area is 221 Å². The van der Waals surface area contributed by atoms with Crippen LogP contribution in [0.2, 0.25) is 0 Å². The van der Waals surface area contributed by atoms with Crippen LogP contribution in [0, 0.1) is 16.2 Å². The molecular formula is C29H44N6O2. The van der Waals surface area contributed by atoms with Crippen LogP contribution in [0.15, 0.2) is 30.5 Å². The molecule has 0 spiro atoms. The molecule has 1 saturated heterocycles. The Morgan fingerprint density at radius 3 is 2.30 bits per heavy atom. The largest absolute Gasteiger partial charge is 0.507 e. The summed E-state index contributed by atoms with van der Waals surface area (Å²) in [6.45, 7) is 8.75. The topological polar surface area (TPSA) is 128 Å². The van der Waals surface area contributed by atoms with E-state index in [-0.39, 0.29) is 34.1 Å². The first-order valence-corrected chi connectivity index (χ1v) is 13.1. The Kier molecular flexibility index (Phi) is 8.84. The highest BCUT2D eigenvalue weighted by molar-refractivity contribution is 6.14. The molecule has 2 fully saturated rings. The third kappa shape index (κ3) is 7.22. The standard InChI is InChI=1S/C29H44N6O2/c1-28(2)15-22(16-29(3,4)34-28)35(5)26(32)12-11-23(31)27-24(36)13-19(14-25(27)37-6)20(17-30)18-33-21-9-7-8-10-21/h11-14,17-18,21-22,30-34,36H,7-10,15-16H2,1-6H3/b12-11-,20-18+,30-17?,31-23?,32-26?. The van der Waals surface area contributed by atoms with Crippen molar-refractivity contribution in [3.8, 4) is 11.5 Å². The minimum Gasteiger partial charge on any atom is -0.507 e. The van der Waals surface area contributed by atoms with E-state index in [0.717, 1.165) is 25.7 Å². The van der Waals surface area contributed by atoms with Crippen LogP contribution in [-0.4, -0.2) is 65.1 Å². The molecule has 1 aromatic rings. The molecule has 1 aliphatic carbocycles. The number of allylic oxidation sites excluding steroid dienone is 2. The van der Waals surface area contributed by atoms with Gasteiger partial charge in [0.1, 0.15) is 17.3 Å². The lowest BCUT2D eigenvalue weighted by Crippen LogP contribution is -2.62. The maximum atomic E-state index is 10.8. The van der Waals surface area contributed by atoms with Crippen molar-refractivity contribution in [3.05, 3.63) is 41.6 Å². The van der Waals surface area contributed by atoms with E-state index < -0.39 is 0 Å². The van der Waals surface area contributed by atoms with E-state index in [1.165, 1.54) is 32.2 Å². The maximum absolute atomic E-state index is 10.8. The molecule has 8 nitrogen and oxygen atoms in total. The Morgan fingerprint density at radius 2 is 1.73 bits per heavy atom. The first-order chi connectivity index (χ1) is 17.4. The smallest absolute Gasteiger partial charge is 0.132 e. The minimum atomic E-state index is -0.0978. The lowest BCUT2D eigenvalue weighted by Gasteiger charge is -2.49. The van der Waals surface area contributed by atoms with E-state index in [0.29, 0.717) is 28.8 Å². The lowest BCUT2D eigenvalue weighted by molar-refractivity contribution is 0.114. The number of ether oxygens (including phenoxy) is 1. The van der Waals surface area contributed by atoms with Crippen molar-refractivity contribution < 1.29 is 9.84 Å². The fraction of sp³-hybridized carbons (Fsp3) is 0.552. The van der Waals surface area contributed by atoms with Crippen LogP contribution in [-0.2, 0) is 0 Å². The number of phenols is 1. The highest BCUT2D eigenvalue weighted by Gasteiger charge is 2.39. The highest BCUT2D eigenvalue weighted by Crippen LogP contribution is 2.34. The monoisotopic (exact) mass is 508 g/mol. The number of rotatable bonds is 9. The number of nitrogens with zero attached hydrogens (tertiary/aromatic N) is 1. The van der Waals surface area contributed by atoms with Gasteiger partial charge in [0.15, 0.2) is 0 Å². The molecule has 2 aliphatic rings. The molecule has 6 N–H and O–H groups in total. The molecule has 0 amide bonds. The third-order valence-corrected chi connectivity index (χ3v) is 7.39. The average Bonchev–Trinajstić information content (AvgIpc) is 3.33. The maximum Gasteiger partial charge on any atom is 0.132 e. The number of hydrogen-bond donors (Lipinski definition) is 6. The first kappa shape index (κ1) is 28.4. The van der Waals surface area contributed by atoms with Gasteiger partial charge in [-0.15, -0.1) is 0 Å². The normalized spacial score (nSPS) is 20.1. The molecule has 1 aromatic carbocycles. The molecule has 1 heterocycles. The highest BCUT2D eigenvalue weighted by atomic mass is 16.5. The van der Waals surface area contributed by atoms with E-state index >= 15 is 0 Å². The average molecular weight is 509 g/mol. The minimum absolute atomic E-state index is 0.0331. The second-order valence-electron chi connectivity index (χ2n) is 11.7. The molecule has 202 valence electrons. The predicted molar refractivity (Wildman–Crippen MR) is 153 cm³/mol. The summed E-state index contributed by atoms with van der Waals surface area (Å²) < 4.78 is 5.53. The van der Waals surface area contributed by atoms with Crippen molar-refractivity contribution in [2.75, 3.05) is 14.2 Å². The van der Waals surface area contributed by atoms with E-state index in [9.17, 15) is 5.11 Å². The van der Waals surface area contributed by atoms with Gasteiger partial charge in [-0.05, 0) is 83.2 Å². The molecule has 8 heteroatoms. The van der Waals surface area contributed by atoms with Gasteiger partial charge in [-0.25, -0.2) is 0 Å². The molecule has 1 saturated carbocycles. The molecule has 0 radical (unpaired) electrons. The molecule has 0 unspecified atom stereocenters. The van der Waals surface area contributed by atoms with E-state index in [1.54, 1.807) is 18.2 Å². The van der Waals surface area contributed by atoms with Gasteiger partial charge in [0, 0.05) is 48.2 Å². The van der Waals surface area contributed by atoms with Crippen molar-refractivity contribution in [2.45, 2.75) is 89.4 Å². The Bertz CT molecular complexity index is 1070. The molecule has 37 heavy (non-hydrogen) atoms. The van der Waals surface area contributed by atoms with Gasteiger partial charge in [0.05, 0.1) is 18.4 Å². The van der Waals surface area contributed by atoms with Gasteiger partial charge >= 0.3 is 0 Å². The molecule has 1 aliphatic heterocycles. The number of aromatic hydroxyl groups is 1. The number of likely N-dealkylation sites (N-methyl/N-ethyl adjacent to an activating group) is 1. The quantitative estimate of drug-likeness (QED) is 0.205. The Balaban J connectivity index is 1.76. The van der Waals surface area contributed by atoms with Crippen molar-refractivity contribution in [1.82, 2.24) is 15.5 Å². The third-order valence-electron chi connectivity index (χ3n) is 7.39. The van der Waals surface area contributed by atoms with Crippen LogP contribution < -0.4 is 15.4 Å². The van der Waals surface area contributed by atoms with Gasteiger partial charge in [-0.2, -0.15) is 0 Å². The van der Waals surface area contributed by atoms with Crippen molar-refractivity contribution in [3.63, 3.8) is 0 Å².